The third kappa shape index (κ3) is 6.29. The van der Waals surface area contributed by atoms with Crippen molar-refractivity contribution < 1.29 is 19.0 Å². The summed E-state index contributed by atoms with van der Waals surface area (Å²) in [6.07, 6.45) is 8.09. The van der Waals surface area contributed by atoms with Crippen LogP contribution in [0.3, 0.4) is 0 Å². The fourth-order valence-electron chi connectivity index (χ4n) is 2.23. The van der Waals surface area contributed by atoms with Crippen molar-refractivity contribution in [2.24, 2.45) is 0 Å². The molecule has 1 aromatic heterocycles. The zero-order chi connectivity index (χ0) is 18.6. The molecule has 0 saturated heterocycles. The Morgan fingerprint density at radius 1 is 1.23 bits per heavy atom. The van der Waals surface area contributed by atoms with Gasteiger partial charge in [-0.1, -0.05) is 6.07 Å². The predicted octanol–water partition coefficient (Wildman–Crippen LogP) is 3.18. The van der Waals surface area contributed by atoms with Gasteiger partial charge in [-0.2, -0.15) is 5.26 Å². The molecule has 0 N–H and O–H groups in total. The number of hydrogen-bond acceptors (Lipinski definition) is 6. The van der Waals surface area contributed by atoms with Crippen molar-refractivity contribution >= 4 is 12.0 Å². The van der Waals surface area contributed by atoms with E-state index >= 15 is 0 Å². The van der Waals surface area contributed by atoms with Crippen LogP contribution in [0.5, 0.6) is 11.5 Å². The fourth-order valence-corrected chi connectivity index (χ4v) is 2.23. The first-order valence-corrected chi connectivity index (χ1v) is 8.14. The molecule has 0 bridgehead atoms. The number of benzene rings is 1. The van der Waals surface area contributed by atoms with Crippen LogP contribution in [-0.4, -0.2) is 31.3 Å². The van der Waals surface area contributed by atoms with Gasteiger partial charge < -0.3 is 14.2 Å². The molecule has 0 aliphatic heterocycles. The van der Waals surface area contributed by atoms with Gasteiger partial charge in [0.1, 0.15) is 6.07 Å². The van der Waals surface area contributed by atoms with Gasteiger partial charge in [0, 0.05) is 18.5 Å². The van der Waals surface area contributed by atoms with Crippen molar-refractivity contribution in [3.8, 4) is 17.6 Å². The second kappa shape index (κ2) is 10.5. The lowest BCUT2D eigenvalue weighted by atomic mass is 10.1. The van der Waals surface area contributed by atoms with E-state index in [1.165, 1.54) is 13.2 Å². The summed E-state index contributed by atoms with van der Waals surface area (Å²) < 4.78 is 15.7. The van der Waals surface area contributed by atoms with Crippen LogP contribution in [0.2, 0.25) is 0 Å². The van der Waals surface area contributed by atoms with Gasteiger partial charge in [-0.05, 0) is 54.3 Å². The van der Waals surface area contributed by atoms with E-state index in [2.05, 4.69) is 4.98 Å². The van der Waals surface area contributed by atoms with Crippen LogP contribution >= 0.6 is 0 Å². The van der Waals surface area contributed by atoms with Crippen LogP contribution in [0.25, 0.3) is 6.08 Å². The average molecular weight is 352 g/mol. The number of aromatic nitrogens is 1. The molecule has 0 unspecified atom stereocenters. The standard InChI is InChI=1S/C20H20N2O4/c1-24-19-15-17(4-6-18(19)25-14-10-21)5-7-20(23)26-13-2-3-16-8-11-22-12-9-16/h4-9,11-12,15H,2-3,13-14H2,1H3/b7-5+. The van der Waals surface area contributed by atoms with E-state index in [1.807, 2.05) is 18.2 Å². The Kier molecular flexibility index (Phi) is 7.69. The number of rotatable bonds is 9. The van der Waals surface area contributed by atoms with Gasteiger partial charge in [0.25, 0.3) is 0 Å². The van der Waals surface area contributed by atoms with Crippen LogP contribution in [-0.2, 0) is 16.0 Å². The van der Waals surface area contributed by atoms with Crippen LogP contribution in [0.1, 0.15) is 17.5 Å². The lowest BCUT2D eigenvalue weighted by molar-refractivity contribution is -0.137. The third-order valence-corrected chi connectivity index (χ3v) is 3.50. The molecule has 6 heteroatoms. The molecule has 26 heavy (non-hydrogen) atoms. The van der Waals surface area contributed by atoms with Crippen molar-refractivity contribution in [3.63, 3.8) is 0 Å². The van der Waals surface area contributed by atoms with Crippen LogP contribution < -0.4 is 9.47 Å². The monoisotopic (exact) mass is 352 g/mol. The smallest absolute Gasteiger partial charge is 0.330 e. The van der Waals surface area contributed by atoms with Crippen molar-refractivity contribution in [2.45, 2.75) is 12.8 Å². The first kappa shape index (κ1) is 19.0. The summed E-state index contributed by atoms with van der Waals surface area (Å²) in [7, 11) is 1.51. The van der Waals surface area contributed by atoms with E-state index < -0.39 is 5.97 Å². The number of nitriles is 1. The van der Waals surface area contributed by atoms with Crippen molar-refractivity contribution in [1.29, 1.82) is 5.26 Å². The molecule has 6 nitrogen and oxygen atoms in total. The summed E-state index contributed by atoms with van der Waals surface area (Å²) in [6, 6.07) is 11.0. The molecule has 0 spiro atoms. The van der Waals surface area contributed by atoms with E-state index in [4.69, 9.17) is 19.5 Å². The Labute approximate surface area is 152 Å². The van der Waals surface area contributed by atoms with Gasteiger partial charge in [0.15, 0.2) is 18.1 Å². The summed E-state index contributed by atoms with van der Waals surface area (Å²) in [5.41, 5.74) is 1.93. The lowest BCUT2D eigenvalue weighted by Gasteiger charge is -2.08. The highest BCUT2D eigenvalue weighted by Crippen LogP contribution is 2.28. The second-order valence-electron chi connectivity index (χ2n) is 5.32. The van der Waals surface area contributed by atoms with Crippen LogP contribution in [0, 0.1) is 11.3 Å². The average Bonchev–Trinajstić information content (AvgIpc) is 2.69. The molecule has 0 aliphatic carbocycles. The minimum atomic E-state index is -0.400. The zero-order valence-corrected chi connectivity index (χ0v) is 14.6. The molecule has 0 radical (unpaired) electrons. The quantitative estimate of drug-likeness (QED) is 0.392. The summed E-state index contributed by atoms with van der Waals surface area (Å²) in [5.74, 6) is 0.571. The van der Waals surface area contributed by atoms with E-state index in [9.17, 15) is 4.79 Å². The minimum absolute atomic E-state index is 0.0582. The van der Waals surface area contributed by atoms with Gasteiger partial charge in [0.05, 0.1) is 13.7 Å². The predicted molar refractivity (Wildman–Crippen MR) is 96.7 cm³/mol. The zero-order valence-electron chi connectivity index (χ0n) is 14.6. The first-order chi connectivity index (χ1) is 12.7. The maximum absolute atomic E-state index is 11.8. The van der Waals surface area contributed by atoms with Crippen molar-refractivity contribution in [1.82, 2.24) is 4.98 Å². The van der Waals surface area contributed by atoms with E-state index in [1.54, 1.807) is 36.7 Å². The molecule has 1 heterocycles. The number of nitrogens with zero attached hydrogens (tertiary/aromatic N) is 2. The molecule has 134 valence electrons. The molecule has 0 atom stereocenters. The maximum Gasteiger partial charge on any atom is 0.330 e. The first-order valence-electron chi connectivity index (χ1n) is 8.14. The normalized spacial score (nSPS) is 10.3. The molecular formula is C20H20N2O4. The van der Waals surface area contributed by atoms with Crippen molar-refractivity contribution in [3.05, 3.63) is 59.9 Å². The lowest BCUT2D eigenvalue weighted by Crippen LogP contribution is -2.03. The Morgan fingerprint density at radius 3 is 2.77 bits per heavy atom. The van der Waals surface area contributed by atoms with E-state index in [0.717, 1.165) is 24.0 Å². The number of methoxy groups -OCH3 is 1. The number of pyridine rings is 1. The Hall–Kier alpha value is -3.33. The van der Waals surface area contributed by atoms with E-state index in [0.29, 0.717) is 18.1 Å². The SMILES string of the molecule is COc1cc(/C=C/C(=O)OCCCc2ccncc2)ccc1OCC#N. The Morgan fingerprint density at radius 2 is 2.04 bits per heavy atom. The molecule has 0 fully saturated rings. The molecule has 0 amide bonds. The van der Waals surface area contributed by atoms with Gasteiger partial charge in [-0.3, -0.25) is 4.98 Å². The number of ether oxygens (including phenoxy) is 3. The Balaban J connectivity index is 1.80. The number of carbonyl (C=O) groups excluding carboxylic acids is 1. The van der Waals surface area contributed by atoms with Crippen LogP contribution in [0.4, 0.5) is 0 Å². The van der Waals surface area contributed by atoms with Crippen LogP contribution in [0.15, 0.2) is 48.8 Å². The van der Waals surface area contributed by atoms with Gasteiger partial charge >= 0.3 is 5.97 Å². The third-order valence-electron chi connectivity index (χ3n) is 3.50. The number of hydrogen-bond donors (Lipinski definition) is 0. The molecular weight excluding hydrogens is 332 g/mol. The van der Waals surface area contributed by atoms with E-state index in [-0.39, 0.29) is 6.61 Å². The fraction of sp³-hybridized carbons (Fsp3) is 0.250. The number of esters is 1. The Bertz CT molecular complexity index is 782. The van der Waals surface area contributed by atoms with Gasteiger partial charge in [0.2, 0.25) is 0 Å². The minimum Gasteiger partial charge on any atom is -0.493 e. The summed E-state index contributed by atoms with van der Waals surface area (Å²) in [4.78, 5) is 15.7. The summed E-state index contributed by atoms with van der Waals surface area (Å²) >= 11 is 0. The maximum atomic E-state index is 11.8. The number of carbonyl (C=O) groups is 1. The van der Waals surface area contributed by atoms with Gasteiger partial charge in [-0.15, -0.1) is 0 Å². The second-order valence-corrected chi connectivity index (χ2v) is 5.32. The highest BCUT2D eigenvalue weighted by Gasteiger charge is 2.05. The largest absolute Gasteiger partial charge is 0.493 e. The van der Waals surface area contributed by atoms with Crippen molar-refractivity contribution in [2.75, 3.05) is 20.3 Å². The summed E-state index contributed by atoms with van der Waals surface area (Å²) in [5, 5.41) is 8.56. The van der Waals surface area contributed by atoms with Gasteiger partial charge in [-0.25, -0.2) is 4.79 Å². The highest BCUT2D eigenvalue weighted by molar-refractivity contribution is 5.87. The molecule has 1 aromatic carbocycles. The number of aryl methyl sites for hydroxylation is 1. The molecule has 2 rings (SSSR count). The highest BCUT2D eigenvalue weighted by atomic mass is 16.5. The topological polar surface area (TPSA) is 81.4 Å². The molecule has 0 aliphatic rings. The molecule has 0 saturated carbocycles. The molecule has 2 aromatic rings. The summed E-state index contributed by atoms with van der Waals surface area (Å²) in [6.45, 7) is 0.299.